The first kappa shape index (κ1) is 16.4. The second-order valence-corrected chi connectivity index (χ2v) is 5.79. The van der Waals surface area contributed by atoms with Gasteiger partial charge in [0.25, 0.3) is 0 Å². The van der Waals surface area contributed by atoms with Crippen molar-refractivity contribution in [3.63, 3.8) is 0 Å². The van der Waals surface area contributed by atoms with E-state index >= 15 is 0 Å². The summed E-state index contributed by atoms with van der Waals surface area (Å²) in [5.74, 6) is -1.07. The first-order valence-corrected chi connectivity index (χ1v) is 7.47. The van der Waals surface area contributed by atoms with Gasteiger partial charge < -0.3 is 4.90 Å². The van der Waals surface area contributed by atoms with E-state index in [2.05, 4.69) is 13.2 Å². The number of carbonyl (C=O) groups is 1. The summed E-state index contributed by atoms with van der Waals surface area (Å²) in [6.07, 6.45) is 5.93. The summed E-state index contributed by atoms with van der Waals surface area (Å²) in [5.41, 5.74) is -0.00988. The van der Waals surface area contributed by atoms with Crippen molar-refractivity contribution in [2.45, 2.75) is 25.7 Å². The second-order valence-electron chi connectivity index (χ2n) is 5.79. The van der Waals surface area contributed by atoms with Crippen molar-refractivity contribution in [1.82, 2.24) is 4.90 Å². The van der Waals surface area contributed by atoms with Gasteiger partial charge in [-0.3, -0.25) is 4.79 Å². The maximum Gasteiger partial charge on any atom is 0.229 e. The van der Waals surface area contributed by atoms with Crippen LogP contribution in [0.5, 0.6) is 0 Å². The Morgan fingerprint density at radius 3 is 2.50 bits per heavy atom. The maximum atomic E-state index is 13.6. The fourth-order valence-corrected chi connectivity index (χ4v) is 3.10. The molecule has 1 fully saturated rings. The molecule has 22 heavy (non-hydrogen) atoms. The van der Waals surface area contributed by atoms with Crippen LogP contribution in [0.4, 0.5) is 8.78 Å². The van der Waals surface area contributed by atoms with Crippen molar-refractivity contribution in [2.24, 2.45) is 5.41 Å². The van der Waals surface area contributed by atoms with Gasteiger partial charge in [-0.15, -0.1) is 13.2 Å². The van der Waals surface area contributed by atoms with E-state index in [1.165, 1.54) is 12.1 Å². The molecule has 0 unspecified atom stereocenters. The highest BCUT2D eigenvalue weighted by Crippen LogP contribution is 2.39. The molecule has 1 aliphatic heterocycles. The second kappa shape index (κ2) is 6.86. The number of carbonyl (C=O) groups excluding carboxylic acids is 1. The predicted octanol–water partition coefficient (Wildman–Crippen LogP) is 3.88. The first-order valence-electron chi connectivity index (χ1n) is 7.47. The number of hydrogen-bond donors (Lipinski definition) is 0. The lowest BCUT2D eigenvalue weighted by molar-refractivity contribution is -0.135. The summed E-state index contributed by atoms with van der Waals surface area (Å²) in [6, 6.07) is 3.55. The highest BCUT2D eigenvalue weighted by Gasteiger charge is 2.44. The van der Waals surface area contributed by atoms with Crippen molar-refractivity contribution >= 4 is 5.91 Å². The van der Waals surface area contributed by atoms with Crippen LogP contribution in [-0.4, -0.2) is 23.9 Å². The molecule has 0 radical (unpaired) electrons. The van der Waals surface area contributed by atoms with Crippen molar-refractivity contribution < 1.29 is 13.6 Å². The lowest BCUT2D eigenvalue weighted by Gasteiger charge is -2.25. The normalized spacial score (nSPS) is 16.8. The highest BCUT2D eigenvalue weighted by atomic mass is 19.1. The summed E-state index contributed by atoms with van der Waals surface area (Å²) >= 11 is 0. The fraction of sp³-hybridized carbons (Fsp3) is 0.389. The minimum atomic E-state index is -0.588. The van der Waals surface area contributed by atoms with Crippen LogP contribution in [0.1, 0.15) is 24.8 Å². The Balaban J connectivity index is 2.04. The van der Waals surface area contributed by atoms with E-state index in [0.29, 0.717) is 37.9 Å². The summed E-state index contributed by atoms with van der Waals surface area (Å²) in [7, 11) is 0. The SMILES string of the molecule is C=CCC1(CC=C)CCN(CCc2ccc(F)cc2F)C1=O. The topological polar surface area (TPSA) is 20.3 Å². The van der Waals surface area contributed by atoms with Gasteiger partial charge in [0.2, 0.25) is 5.91 Å². The number of hydrogen-bond acceptors (Lipinski definition) is 1. The molecule has 0 bridgehead atoms. The van der Waals surface area contributed by atoms with Crippen molar-refractivity contribution in [3.8, 4) is 0 Å². The Morgan fingerprint density at radius 1 is 1.23 bits per heavy atom. The van der Waals surface area contributed by atoms with Crippen LogP contribution in [0.2, 0.25) is 0 Å². The number of halogens is 2. The molecule has 0 aromatic heterocycles. The molecular formula is C18H21F2NO. The Kier molecular flexibility index (Phi) is 5.11. The maximum absolute atomic E-state index is 13.6. The van der Waals surface area contributed by atoms with E-state index < -0.39 is 17.0 Å². The van der Waals surface area contributed by atoms with Crippen molar-refractivity contribution in [2.75, 3.05) is 13.1 Å². The first-order chi connectivity index (χ1) is 10.5. The average Bonchev–Trinajstić information content (AvgIpc) is 2.76. The largest absolute Gasteiger partial charge is 0.342 e. The molecule has 1 heterocycles. The van der Waals surface area contributed by atoms with Crippen LogP contribution >= 0.6 is 0 Å². The number of amides is 1. The van der Waals surface area contributed by atoms with Gasteiger partial charge in [0, 0.05) is 19.2 Å². The standard InChI is InChI=1S/C18H21F2NO/c1-3-8-18(9-4-2)10-12-21(17(18)22)11-7-14-5-6-15(19)13-16(14)20/h3-6,13H,1-2,7-12H2. The third-order valence-corrected chi connectivity index (χ3v) is 4.34. The molecule has 118 valence electrons. The molecule has 1 aromatic rings. The summed E-state index contributed by atoms with van der Waals surface area (Å²) in [6.45, 7) is 8.57. The summed E-state index contributed by atoms with van der Waals surface area (Å²) in [4.78, 5) is 14.4. The van der Waals surface area contributed by atoms with Gasteiger partial charge in [0.15, 0.2) is 0 Å². The summed E-state index contributed by atoms with van der Waals surface area (Å²) < 4.78 is 26.5. The lowest BCUT2D eigenvalue weighted by atomic mass is 9.79. The van der Waals surface area contributed by atoms with Crippen LogP contribution in [0.3, 0.4) is 0 Å². The third-order valence-electron chi connectivity index (χ3n) is 4.34. The van der Waals surface area contributed by atoms with Crippen LogP contribution in [0.25, 0.3) is 0 Å². The van der Waals surface area contributed by atoms with Crippen molar-refractivity contribution in [1.29, 1.82) is 0 Å². The zero-order valence-corrected chi connectivity index (χ0v) is 12.7. The van der Waals surface area contributed by atoms with Crippen LogP contribution in [0.15, 0.2) is 43.5 Å². The average molecular weight is 305 g/mol. The Labute approximate surface area is 130 Å². The van der Waals surface area contributed by atoms with E-state index in [-0.39, 0.29) is 5.91 Å². The van der Waals surface area contributed by atoms with Gasteiger partial charge in [-0.2, -0.15) is 0 Å². The van der Waals surface area contributed by atoms with Gasteiger partial charge in [0.05, 0.1) is 5.41 Å². The van der Waals surface area contributed by atoms with Crippen molar-refractivity contribution in [3.05, 3.63) is 60.7 Å². The molecule has 0 saturated carbocycles. The molecule has 0 atom stereocenters. The number of allylic oxidation sites excluding steroid dienone is 2. The number of likely N-dealkylation sites (tertiary alicyclic amines) is 1. The highest BCUT2D eigenvalue weighted by molar-refractivity contribution is 5.85. The van der Waals surface area contributed by atoms with E-state index in [0.717, 1.165) is 12.5 Å². The number of rotatable bonds is 7. The molecule has 0 spiro atoms. The van der Waals surface area contributed by atoms with E-state index in [9.17, 15) is 13.6 Å². The predicted molar refractivity (Wildman–Crippen MR) is 83.3 cm³/mol. The summed E-state index contributed by atoms with van der Waals surface area (Å²) in [5, 5.41) is 0. The molecule has 1 aliphatic rings. The Hall–Kier alpha value is -1.97. The number of benzene rings is 1. The monoisotopic (exact) mass is 305 g/mol. The molecule has 1 saturated heterocycles. The quantitative estimate of drug-likeness (QED) is 0.700. The lowest BCUT2D eigenvalue weighted by Crippen LogP contribution is -2.35. The molecule has 0 N–H and O–H groups in total. The molecule has 1 aromatic carbocycles. The van der Waals surface area contributed by atoms with Crippen LogP contribution < -0.4 is 0 Å². The van der Waals surface area contributed by atoms with Gasteiger partial charge >= 0.3 is 0 Å². The van der Waals surface area contributed by atoms with Gasteiger partial charge in [-0.05, 0) is 37.3 Å². The molecule has 2 nitrogen and oxygen atoms in total. The van der Waals surface area contributed by atoms with Gasteiger partial charge in [-0.1, -0.05) is 18.2 Å². The third kappa shape index (κ3) is 3.26. The molecule has 4 heteroatoms. The van der Waals surface area contributed by atoms with Gasteiger partial charge in [0.1, 0.15) is 11.6 Å². The zero-order valence-electron chi connectivity index (χ0n) is 12.7. The minimum Gasteiger partial charge on any atom is -0.342 e. The van der Waals surface area contributed by atoms with E-state index in [4.69, 9.17) is 0 Å². The van der Waals surface area contributed by atoms with E-state index in [1.807, 2.05) is 0 Å². The zero-order chi connectivity index (χ0) is 16.2. The fourth-order valence-electron chi connectivity index (χ4n) is 3.10. The molecule has 0 aliphatic carbocycles. The molecule has 2 rings (SSSR count). The Bertz CT molecular complexity index is 572. The van der Waals surface area contributed by atoms with Crippen LogP contribution in [0, 0.1) is 17.0 Å². The molecule has 1 amide bonds. The molecular weight excluding hydrogens is 284 g/mol. The minimum absolute atomic E-state index is 0.0785. The van der Waals surface area contributed by atoms with E-state index in [1.54, 1.807) is 17.1 Å². The van der Waals surface area contributed by atoms with Crippen LogP contribution in [-0.2, 0) is 11.2 Å². The number of nitrogens with zero attached hydrogens (tertiary/aromatic N) is 1. The van der Waals surface area contributed by atoms with Gasteiger partial charge in [-0.25, -0.2) is 8.78 Å². The Morgan fingerprint density at radius 2 is 1.91 bits per heavy atom. The smallest absolute Gasteiger partial charge is 0.229 e.